The highest BCUT2D eigenvalue weighted by molar-refractivity contribution is 5.95. The number of hydrogen-bond donors (Lipinski definition) is 2. The lowest BCUT2D eigenvalue weighted by Gasteiger charge is -2.31. The van der Waals surface area contributed by atoms with Gasteiger partial charge in [-0.25, -0.2) is 14.4 Å². The Kier molecular flexibility index (Phi) is 6.51. The number of urea groups is 1. The predicted octanol–water partition coefficient (Wildman–Crippen LogP) is 3.73. The van der Waals surface area contributed by atoms with Crippen LogP contribution in [-0.4, -0.2) is 24.6 Å². The maximum Gasteiger partial charge on any atom is 0.343 e. The highest BCUT2D eigenvalue weighted by Crippen LogP contribution is 2.31. The Bertz CT molecular complexity index is 965. The summed E-state index contributed by atoms with van der Waals surface area (Å²) in [5.41, 5.74) is 2.01. The van der Waals surface area contributed by atoms with Crippen molar-refractivity contribution in [1.29, 1.82) is 0 Å². The van der Waals surface area contributed by atoms with Crippen LogP contribution in [-0.2, 0) is 9.53 Å². The average molecular weight is 408 g/mol. The van der Waals surface area contributed by atoms with Crippen molar-refractivity contribution in [3.8, 4) is 5.75 Å². The third-order valence-electron chi connectivity index (χ3n) is 4.61. The first-order valence-electron chi connectivity index (χ1n) is 9.76. The molecule has 1 heterocycles. The number of ether oxygens (including phenoxy) is 2. The van der Waals surface area contributed by atoms with Gasteiger partial charge >= 0.3 is 18.0 Å². The molecule has 1 aliphatic rings. The number of carbonyl (C=O) groups is 3. The summed E-state index contributed by atoms with van der Waals surface area (Å²) in [4.78, 5) is 37.0. The summed E-state index contributed by atoms with van der Waals surface area (Å²) in [6.45, 7) is 5.74. The first-order valence-corrected chi connectivity index (χ1v) is 9.76. The lowest BCUT2D eigenvalue weighted by atomic mass is 9.91. The molecule has 156 valence electrons. The molecule has 2 amide bonds. The number of allylic oxidation sites excluding steroid dienone is 1. The third-order valence-corrected chi connectivity index (χ3v) is 4.61. The fourth-order valence-electron chi connectivity index (χ4n) is 3.20. The van der Waals surface area contributed by atoms with Gasteiger partial charge in [0.15, 0.2) is 0 Å². The number of amides is 2. The number of carbonyl (C=O) groups excluding carboxylic acids is 3. The van der Waals surface area contributed by atoms with E-state index in [1.54, 1.807) is 55.5 Å². The molecule has 2 N–H and O–H groups in total. The van der Waals surface area contributed by atoms with Gasteiger partial charge in [0.05, 0.1) is 23.8 Å². The molecule has 3 rings (SSSR count). The fraction of sp³-hybridized carbons (Fsp3) is 0.261. The van der Waals surface area contributed by atoms with E-state index in [9.17, 15) is 14.4 Å². The minimum atomic E-state index is -0.672. The van der Waals surface area contributed by atoms with E-state index in [2.05, 4.69) is 10.6 Å². The third kappa shape index (κ3) is 4.68. The van der Waals surface area contributed by atoms with Gasteiger partial charge in [0.25, 0.3) is 0 Å². The molecule has 1 unspecified atom stereocenters. The molecular weight excluding hydrogens is 384 g/mol. The standard InChI is InChI=1S/C23H24N2O5/c1-4-29-22(27)18-19(14(2)3)24-23(28)25-20(18)15-10-12-17(13-11-15)30-21(26)16-8-6-5-7-9-16/h5-14,20H,4H2,1-3H3,(H2,24,25,28). The van der Waals surface area contributed by atoms with E-state index in [0.29, 0.717) is 28.1 Å². The van der Waals surface area contributed by atoms with Crippen LogP contribution in [0, 0.1) is 5.92 Å². The zero-order chi connectivity index (χ0) is 21.7. The highest BCUT2D eigenvalue weighted by atomic mass is 16.5. The molecular formula is C23H24N2O5. The fourth-order valence-corrected chi connectivity index (χ4v) is 3.20. The van der Waals surface area contributed by atoms with Gasteiger partial charge in [-0.05, 0) is 42.7 Å². The van der Waals surface area contributed by atoms with Crippen LogP contribution in [0.4, 0.5) is 4.79 Å². The van der Waals surface area contributed by atoms with Crippen molar-refractivity contribution in [3.63, 3.8) is 0 Å². The monoisotopic (exact) mass is 408 g/mol. The summed E-state index contributed by atoms with van der Waals surface area (Å²) >= 11 is 0. The number of benzene rings is 2. The molecule has 7 heteroatoms. The lowest BCUT2D eigenvalue weighted by Crippen LogP contribution is -2.47. The Balaban J connectivity index is 1.87. The van der Waals surface area contributed by atoms with Crippen molar-refractivity contribution < 1.29 is 23.9 Å². The molecule has 1 aliphatic heterocycles. The van der Waals surface area contributed by atoms with E-state index in [4.69, 9.17) is 9.47 Å². The van der Waals surface area contributed by atoms with Crippen molar-refractivity contribution in [3.05, 3.63) is 77.0 Å². The van der Waals surface area contributed by atoms with Crippen molar-refractivity contribution in [2.75, 3.05) is 6.61 Å². The molecule has 0 aromatic heterocycles. The molecule has 0 spiro atoms. The summed E-state index contributed by atoms with van der Waals surface area (Å²) in [5, 5.41) is 5.50. The molecule has 7 nitrogen and oxygen atoms in total. The van der Waals surface area contributed by atoms with Crippen molar-refractivity contribution >= 4 is 18.0 Å². The van der Waals surface area contributed by atoms with Crippen LogP contribution in [0.3, 0.4) is 0 Å². The quantitative estimate of drug-likeness (QED) is 0.561. The minimum Gasteiger partial charge on any atom is -0.463 e. The first kappa shape index (κ1) is 21.1. The van der Waals surface area contributed by atoms with Crippen molar-refractivity contribution in [2.24, 2.45) is 5.92 Å². The van der Waals surface area contributed by atoms with Crippen LogP contribution >= 0.6 is 0 Å². The zero-order valence-electron chi connectivity index (χ0n) is 17.1. The maximum atomic E-state index is 12.6. The number of esters is 2. The van der Waals surface area contributed by atoms with Crippen molar-refractivity contribution in [1.82, 2.24) is 10.6 Å². The average Bonchev–Trinajstić information content (AvgIpc) is 2.74. The van der Waals surface area contributed by atoms with Crippen LogP contribution in [0.5, 0.6) is 5.75 Å². The second-order valence-corrected chi connectivity index (χ2v) is 7.06. The van der Waals surface area contributed by atoms with Crippen LogP contribution in [0.15, 0.2) is 65.9 Å². The Morgan fingerprint density at radius 2 is 1.67 bits per heavy atom. The Hall–Kier alpha value is -3.61. The van der Waals surface area contributed by atoms with E-state index in [0.717, 1.165) is 0 Å². The van der Waals surface area contributed by atoms with Crippen LogP contribution < -0.4 is 15.4 Å². The normalized spacial score (nSPS) is 16.0. The van der Waals surface area contributed by atoms with Gasteiger partial charge in [-0.1, -0.05) is 44.2 Å². The van der Waals surface area contributed by atoms with Crippen LogP contribution in [0.1, 0.15) is 42.7 Å². The molecule has 0 saturated heterocycles. The molecule has 30 heavy (non-hydrogen) atoms. The Morgan fingerprint density at radius 3 is 2.27 bits per heavy atom. The van der Waals surface area contributed by atoms with Crippen molar-refractivity contribution in [2.45, 2.75) is 26.8 Å². The molecule has 2 aromatic carbocycles. The van der Waals surface area contributed by atoms with E-state index < -0.39 is 24.0 Å². The number of hydrogen-bond acceptors (Lipinski definition) is 5. The van der Waals surface area contributed by atoms with E-state index in [1.165, 1.54) is 0 Å². The summed E-state index contributed by atoms with van der Waals surface area (Å²) in [6.07, 6.45) is 0. The second kappa shape index (κ2) is 9.26. The lowest BCUT2D eigenvalue weighted by molar-refractivity contribution is -0.139. The van der Waals surface area contributed by atoms with Gasteiger partial charge in [0.2, 0.25) is 0 Å². The highest BCUT2D eigenvalue weighted by Gasteiger charge is 2.34. The summed E-state index contributed by atoms with van der Waals surface area (Å²) in [7, 11) is 0. The van der Waals surface area contributed by atoms with E-state index in [1.807, 2.05) is 19.9 Å². The van der Waals surface area contributed by atoms with Crippen LogP contribution in [0.25, 0.3) is 0 Å². The second-order valence-electron chi connectivity index (χ2n) is 7.06. The predicted molar refractivity (Wildman–Crippen MR) is 111 cm³/mol. The largest absolute Gasteiger partial charge is 0.463 e. The zero-order valence-corrected chi connectivity index (χ0v) is 17.1. The number of nitrogens with one attached hydrogen (secondary N) is 2. The molecule has 2 aromatic rings. The smallest absolute Gasteiger partial charge is 0.343 e. The van der Waals surface area contributed by atoms with E-state index in [-0.39, 0.29) is 12.5 Å². The minimum absolute atomic E-state index is 0.0796. The molecule has 1 atom stereocenters. The first-order chi connectivity index (χ1) is 14.4. The van der Waals surface area contributed by atoms with Gasteiger partial charge in [-0.15, -0.1) is 0 Å². The topological polar surface area (TPSA) is 93.7 Å². The Morgan fingerprint density at radius 1 is 1.00 bits per heavy atom. The maximum absolute atomic E-state index is 12.6. The Labute approximate surface area is 175 Å². The summed E-state index contributed by atoms with van der Waals surface area (Å²) in [6, 6.07) is 14.3. The van der Waals surface area contributed by atoms with Gasteiger partial charge < -0.3 is 20.1 Å². The van der Waals surface area contributed by atoms with Gasteiger partial charge in [0, 0.05) is 5.70 Å². The molecule has 0 saturated carbocycles. The summed E-state index contributed by atoms with van der Waals surface area (Å²) in [5.74, 6) is -0.673. The number of rotatable bonds is 6. The SMILES string of the molecule is CCOC(=O)C1=C(C(C)C)NC(=O)NC1c1ccc(OC(=O)c2ccccc2)cc1. The van der Waals surface area contributed by atoms with Gasteiger partial charge in [-0.2, -0.15) is 0 Å². The van der Waals surface area contributed by atoms with Gasteiger partial charge in [0.1, 0.15) is 5.75 Å². The summed E-state index contributed by atoms with van der Waals surface area (Å²) < 4.78 is 10.6. The van der Waals surface area contributed by atoms with Crippen LogP contribution in [0.2, 0.25) is 0 Å². The molecule has 0 aliphatic carbocycles. The molecule has 0 bridgehead atoms. The van der Waals surface area contributed by atoms with E-state index >= 15 is 0 Å². The molecule has 0 radical (unpaired) electrons. The van der Waals surface area contributed by atoms with Gasteiger partial charge in [-0.3, -0.25) is 0 Å². The molecule has 0 fully saturated rings.